The first kappa shape index (κ1) is 22.6. The first-order valence-corrected chi connectivity index (χ1v) is 12.2. The molecule has 29 heavy (non-hydrogen) atoms. The van der Waals surface area contributed by atoms with Gasteiger partial charge in [0.1, 0.15) is 0 Å². The van der Waals surface area contributed by atoms with Crippen LogP contribution in [0.25, 0.3) is 0 Å². The molecule has 3 aliphatic rings. The van der Waals surface area contributed by atoms with Crippen molar-refractivity contribution in [3.63, 3.8) is 0 Å². The Balaban J connectivity index is 1.76. The maximum Gasteiger partial charge on any atom is 0.0583 e. The number of hydrogen-bond acceptors (Lipinski definition) is 1. The van der Waals surface area contributed by atoms with Crippen molar-refractivity contribution in [3.8, 4) is 0 Å². The largest absolute Gasteiger partial charge is 0.393 e. The van der Waals surface area contributed by atoms with Gasteiger partial charge in [-0.2, -0.15) is 0 Å². The van der Waals surface area contributed by atoms with E-state index in [-0.39, 0.29) is 6.10 Å². The Morgan fingerprint density at radius 2 is 1.86 bits per heavy atom. The third-order valence-corrected chi connectivity index (χ3v) is 8.24. The molecule has 0 bridgehead atoms. The number of hydrogen-bond donors (Lipinski definition) is 1. The summed E-state index contributed by atoms with van der Waals surface area (Å²) in [7, 11) is 0. The molecule has 5 atom stereocenters. The smallest absolute Gasteiger partial charge is 0.0583 e. The summed E-state index contributed by atoms with van der Waals surface area (Å²) >= 11 is 0. The monoisotopic (exact) mass is 396 g/mol. The van der Waals surface area contributed by atoms with Gasteiger partial charge in [0.05, 0.1) is 6.10 Å². The molecule has 1 nitrogen and oxygen atoms in total. The van der Waals surface area contributed by atoms with Crippen molar-refractivity contribution >= 4 is 0 Å². The predicted molar refractivity (Wildman–Crippen MR) is 126 cm³/mol. The predicted octanol–water partition coefficient (Wildman–Crippen LogP) is 7.79. The fraction of sp³-hybridized carbons (Fsp3) is 0.714. The topological polar surface area (TPSA) is 20.2 Å². The van der Waals surface area contributed by atoms with Crippen molar-refractivity contribution in [1.29, 1.82) is 0 Å². The van der Waals surface area contributed by atoms with E-state index in [1.807, 2.05) is 0 Å². The van der Waals surface area contributed by atoms with Crippen molar-refractivity contribution in [3.05, 3.63) is 47.6 Å². The molecule has 0 spiro atoms. The van der Waals surface area contributed by atoms with E-state index >= 15 is 0 Å². The lowest BCUT2D eigenvalue weighted by Gasteiger charge is -2.44. The van der Waals surface area contributed by atoms with Gasteiger partial charge in [-0.25, -0.2) is 0 Å². The lowest BCUT2D eigenvalue weighted by molar-refractivity contribution is 0.105. The highest BCUT2D eigenvalue weighted by Gasteiger charge is 2.52. The molecule has 0 aromatic heterocycles. The molecule has 0 radical (unpaired) electrons. The van der Waals surface area contributed by atoms with Gasteiger partial charge in [0.15, 0.2) is 0 Å². The third-order valence-electron chi connectivity index (χ3n) is 8.24. The van der Waals surface area contributed by atoms with Crippen LogP contribution in [0, 0.1) is 29.1 Å². The van der Waals surface area contributed by atoms with Gasteiger partial charge >= 0.3 is 0 Å². The van der Waals surface area contributed by atoms with Gasteiger partial charge in [-0.15, -0.1) is 0 Å². The maximum absolute atomic E-state index is 10.0. The second-order valence-electron chi connectivity index (χ2n) is 11.0. The Labute approximate surface area is 180 Å². The van der Waals surface area contributed by atoms with E-state index in [2.05, 4.69) is 53.0 Å². The van der Waals surface area contributed by atoms with E-state index < -0.39 is 0 Å². The normalized spacial score (nSPS) is 36.8. The molecule has 3 rings (SSSR count). The minimum Gasteiger partial charge on any atom is -0.393 e. The molecule has 0 aromatic rings. The summed E-state index contributed by atoms with van der Waals surface area (Å²) in [5.74, 6) is 2.87. The number of allylic oxidation sites excluding steroid dienone is 5. The average Bonchev–Trinajstić information content (AvgIpc) is 2.92. The SMILES string of the molecule is C=C1CC[C@H](O)C/C1=C\C=C1/CCC[C@]2(C)[C@H]1CC(=C)[C@H]2[C@H](C)CCCC(C)C. The summed E-state index contributed by atoms with van der Waals surface area (Å²) in [4.78, 5) is 0. The first-order chi connectivity index (χ1) is 13.7. The van der Waals surface area contributed by atoms with E-state index in [1.54, 1.807) is 5.57 Å². The summed E-state index contributed by atoms with van der Waals surface area (Å²) in [6.07, 6.45) is 16.1. The van der Waals surface area contributed by atoms with Gasteiger partial charge in [-0.3, -0.25) is 0 Å². The molecule has 0 aliphatic heterocycles. The zero-order valence-corrected chi connectivity index (χ0v) is 19.5. The van der Waals surface area contributed by atoms with E-state index in [0.29, 0.717) is 17.3 Å². The number of aliphatic hydroxyl groups excluding tert-OH is 1. The van der Waals surface area contributed by atoms with Gasteiger partial charge < -0.3 is 5.11 Å². The van der Waals surface area contributed by atoms with Gasteiger partial charge in [0, 0.05) is 0 Å². The fourth-order valence-electron chi connectivity index (χ4n) is 6.70. The summed E-state index contributed by atoms with van der Waals surface area (Å²) in [5, 5.41) is 10.0. The second kappa shape index (κ2) is 9.38. The third kappa shape index (κ3) is 4.98. The van der Waals surface area contributed by atoms with Crippen LogP contribution in [0.3, 0.4) is 0 Å². The summed E-state index contributed by atoms with van der Waals surface area (Å²) in [6.45, 7) is 18.5. The molecule has 0 unspecified atom stereocenters. The van der Waals surface area contributed by atoms with Crippen LogP contribution in [0.5, 0.6) is 0 Å². The molecule has 0 saturated heterocycles. The molecule has 1 heteroatoms. The summed E-state index contributed by atoms with van der Waals surface area (Å²) < 4.78 is 0. The quantitative estimate of drug-likeness (QED) is 0.454. The Morgan fingerprint density at radius 3 is 2.59 bits per heavy atom. The van der Waals surface area contributed by atoms with Crippen molar-refractivity contribution in [1.82, 2.24) is 0 Å². The highest BCUT2D eigenvalue weighted by atomic mass is 16.3. The van der Waals surface area contributed by atoms with Crippen molar-refractivity contribution in [2.45, 2.75) is 98.0 Å². The minimum absolute atomic E-state index is 0.191. The van der Waals surface area contributed by atoms with Gasteiger partial charge in [-0.05, 0) is 79.6 Å². The van der Waals surface area contributed by atoms with Crippen LogP contribution >= 0.6 is 0 Å². The highest BCUT2D eigenvalue weighted by Crippen LogP contribution is 2.61. The highest BCUT2D eigenvalue weighted by molar-refractivity contribution is 5.37. The van der Waals surface area contributed by atoms with Crippen molar-refractivity contribution in [2.24, 2.45) is 29.1 Å². The van der Waals surface area contributed by atoms with Crippen LogP contribution in [-0.2, 0) is 0 Å². The number of fused-ring (bicyclic) bond motifs is 1. The van der Waals surface area contributed by atoms with Crippen LogP contribution in [0.2, 0.25) is 0 Å². The van der Waals surface area contributed by atoms with E-state index in [4.69, 9.17) is 0 Å². The Kier molecular flexibility index (Phi) is 7.31. The Morgan fingerprint density at radius 1 is 1.10 bits per heavy atom. The first-order valence-electron chi connectivity index (χ1n) is 12.2. The average molecular weight is 397 g/mol. The number of aliphatic hydroxyl groups is 1. The van der Waals surface area contributed by atoms with E-state index in [9.17, 15) is 5.11 Å². The second-order valence-corrected chi connectivity index (χ2v) is 11.0. The lowest BCUT2D eigenvalue weighted by Crippen LogP contribution is -2.36. The molecule has 1 N–H and O–H groups in total. The Bertz CT molecular complexity index is 678. The van der Waals surface area contributed by atoms with Crippen LogP contribution < -0.4 is 0 Å². The molecule has 3 aliphatic carbocycles. The maximum atomic E-state index is 10.0. The molecular weight excluding hydrogens is 352 g/mol. The van der Waals surface area contributed by atoms with Crippen LogP contribution in [0.4, 0.5) is 0 Å². The van der Waals surface area contributed by atoms with Crippen LogP contribution in [-0.4, -0.2) is 11.2 Å². The molecule has 3 saturated carbocycles. The lowest BCUT2D eigenvalue weighted by atomic mass is 9.60. The van der Waals surface area contributed by atoms with Gasteiger partial charge in [0.2, 0.25) is 0 Å². The molecule has 3 fully saturated rings. The minimum atomic E-state index is -0.191. The van der Waals surface area contributed by atoms with Crippen molar-refractivity contribution in [2.75, 3.05) is 0 Å². The van der Waals surface area contributed by atoms with Crippen LogP contribution in [0.15, 0.2) is 47.6 Å². The fourth-order valence-corrected chi connectivity index (χ4v) is 6.70. The zero-order chi connectivity index (χ0) is 21.2. The molecule has 162 valence electrons. The molecular formula is C28H44O. The summed E-state index contributed by atoms with van der Waals surface area (Å²) in [5.41, 5.74) is 5.99. The Hall–Kier alpha value is -1.08. The molecule has 0 heterocycles. The van der Waals surface area contributed by atoms with Gasteiger partial charge in [0.25, 0.3) is 0 Å². The summed E-state index contributed by atoms with van der Waals surface area (Å²) in [6, 6.07) is 0. The van der Waals surface area contributed by atoms with E-state index in [1.165, 1.54) is 61.7 Å². The standard InChI is InChI=1S/C28H44O/c1-19(2)9-7-10-21(4)27-22(5)17-26-23(11-8-16-28(26,27)6)13-14-24-18-25(29)15-12-20(24)3/h13-14,19,21,25-27,29H,3,5,7-12,15-18H2,1-2,4,6H3/b23-13+,24-14+/t21-,25+,26+,27-,28-/m1/s1. The molecule has 0 amide bonds. The zero-order valence-electron chi connectivity index (χ0n) is 19.5. The van der Waals surface area contributed by atoms with Crippen LogP contribution in [0.1, 0.15) is 91.9 Å². The van der Waals surface area contributed by atoms with E-state index in [0.717, 1.165) is 31.1 Å². The molecule has 0 aromatic carbocycles. The van der Waals surface area contributed by atoms with Crippen molar-refractivity contribution < 1.29 is 5.11 Å². The van der Waals surface area contributed by atoms with Gasteiger partial charge in [-0.1, -0.05) is 89.0 Å². The number of rotatable bonds is 6.